The normalized spacial score (nSPS) is 15.3. The van der Waals surface area contributed by atoms with Gasteiger partial charge in [-0.15, -0.1) is 0 Å². The quantitative estimate of drug-likeness (QED) is 0.596. The van der Waals surface area contributed by atoms with Gasteiger partial charge in [-0.25, -0.2) is 8.78 Å². The molecule has 0 aliphatic carbocycles. The largest absolute Gasteiger partial charge is 0.328 e. The predicted molar refractivity (Wildman–Crippen MR) is 29.0 cm³/mol. The molecule has 0 aromatic carbocycles. The van der Waals surface area contributed by atoms with Gasteiger partial charge in [0.1, 0.15) is 0 Å². The summed E-state index contributed by atoms with van der Waals surface area (Å²) < 4.78 is 35.7. The summed E-state index contributed by atoms with van der Waals surface area (Å²) in [6, 6.07) is 0. The third kappa shape index (κ3) is 2.13. The molecule has 0 fully saturated rings. The van der Waals surface area contributed by atoms with Gasteiger partial charge in [-0.3, -0.25) is 0 Å². The van der Waals surface area contributed by atoms with Crippen LogP contribution in [0.3, 0.4) is 0 Å². The summed E-state index contributed by atoms with van der Waals surface area (Å²) >= 11 is 0. The summed E-state index contributed by atoms with van der Waals surface area (Å²) in [4.78, 5) is 2.90. The smallest absolute Gasteiger partial charge is 0.290 e. The highest BCUT2D eigenvalue weighted by atomic mass is 19.3. The third-order valence-electron chi connectivity index (χ3n) is 1.06. The van der Waals surface area contributed by atoms with Gasteiger partial charge in [-0.05, 0) is 4.53 Å². The maximum atomic E-state index is 12.2. The van der Waals surface area contributed by atoms with Crippen molar-refractivity contribution in [3.8, 4) is 0 Å². The van der Waals surface area contributed by atoms with Crippen molar-refractivity contribution < 1.29 is 18.2 Å². The van der Waals surface area contributed by atoms with E-state index in [2.05, 4.69) is 10.7 Å². The van der Waals surface area contributed by atoms with Crippen LogP contribution in [0, 0.1) is 0 Å². The van der Waals surface area contributed by atoms with E-state index in [1.165, 1.54) is 0 Å². The molecule has 62 valence electrons. The van der Waals surface area contributed by atoms with E-state index in [0.29, 0.717) is 0 Å². The molecule has 10 heavy (non-hydrogen) atoms. The summed E-state index contributed by atoms with van der Waals surface area (Å²) in [5, 5.41) is 0. The van der Waals surface area contributed by atoms with Crippen LogP contribution in [0.25, 0.3) is 0 Å². The van der Waals surface area contributed by atoms with E-state index in [4.69, 9.17) is 5.73 Å². The fourth-order valence-electron chi connectivity index (χ4n) is 0.405. The van der Waals surface area contributed by atoms with Crippen molar-refractivity contribution in [2.75, 3.05) is 13.1 Å². The molecule has 1 atom stereocenters. The molecule has 0 aliphatic heterocycles. The average Bonchev–Trinajstić information content (AvgIpc) is 1.90. The fourth-order valence-corrected chi connectivity index (χ4v) is 0.405. The molecule has 6 heteroatoms. The van der Waals surface area contributed by atoms with Crippen LogP contribution >= 0.6 is 0 Å². The monoisotopic (exact) mass is 158 g/mol. The first kappa shape index (κ1) is 9.67. The first-order valence-corrected chi connectivity index (χ1v) is 2.63. The standard InChI is InChI=1S/C4H9F3N2O/c5-4(6,2-9)3(1-8)10-7/h3H,1-2,8-9H2. The van der Waals surface area contributed by atoms with Crippen LogP contribution in [0.1, 0.15) is 0 Å². The lowest BCUT2D eigenvalue weighted by Crippen LogP contribution is -2.45. The van der Waals surface area contributed by atoms with Gasteiger partial charge in [-0.2, -0.15) is 4.94 Å². The fraction of sp³-hybridized carbons (Fsp3) is 1.00. The number of nitrogens with two attached hydrogens (primary N) is 2. The van der Waals surface area contributed by atoms with Crippen molar-refractivity contribution in [1.82, 2.24) is 0 Å². The molecule has 0 aromatic rings. The summed E-state index contributed by atoms with van der Waals surface area (Å²) in [6.45, 7) is -1.57. The maximum Gasteiger partial charge on any atom is 0.290 e. The van der Waals surface area contributed by atoms with Crippen molar-refractivity contribution in [3.05, 3.63) is 0 Å². The molecule has 0 heterocycles. The van der Waals surface area contributed by atoms with E-state index in [-0.39, 0.29) is 0 Å². The van der Waals surface area contributed by atoms with E-state index in [1.807, 2.05) is 0 Å². The number of hydrogen-bond acceptors (Lipinski definition) is 3. The van der Waals surface area contributed by atoms with Gasteiger partial charge in [0.15, 0.2) is 6.10 Å². The molecule has 0 rings (SSSR count). The lowest BCUT2D eigenvalue weighted by molar-refractivity contribution is -0.244. The molecule has 3 nitrogen and oxygen atoms in total. The molecule has 0 aromatic heterocycles. The second kappa shape index (κ2) is 3.75. The number of rotatable bonds is 4. The van der Waals surface area contributed by atoms with E-state index in [1.54, 1.807) is 0 Å². The first-order chi connectivity index (χ1) is 4.58. The molecule has 0 spiro atoms. The van der Waals surface area contributed by atoms with E-state index in [9.17, 15) is 13.3 Å². The van der Waals surface area contributed by atoms with Gasteiger partial charge in [-0.1, -0.05) is 0 Å². The minimum Gasteiger partial charge on any atom is -0.328 e. The highest BCUT2D eigenvalue weighted by molar-refractivity contribution is 4.78. The SMILES string of the molecule is NCC(OF)C(F)(F)CN. The Labute approximate surface area is 56.0 Å². The Kier molecular flexibility index (Phi) is 3.62. The van der Waals surface area contributed by atoms with Gasteiger partial charge < -0.3 is 11.5 Å². The molecule has 0 saturated heterocycles. The van der Waals surface area contributed by atoms with Gasteiger partial charge in [0.05, 0.1) is 6.54 Å². The van der Waals surface area contributed by atoms with Crippen LogP contribution < -0.4 is 11.5 Å². The molecular formula is C4H9F3N2O. The Morgan fingerprint density at radius 2 is 1.90 bits per heavy atom. The van der Waals surface area contributed by atoms with Crippen LogP contribution in [-0.2, 0) is 4.94 Å². The zero-order valence-corrected chi connectivity index (χ0v) is 5.19. The second-order valence-corrected chi connectivity index (χ2v) is 1.78. The molecule has 0 amide bonds. The maximum absolute atomic E-state index is 12.2. The van der Waals surface area contributed by atoms with Crippen molar-refractivity contribution in [1.29, 1.82) is 0 Å². The Hall–Kier alpha value is -0.330. The van der Waals surface area contributed by atoms with E-state index < -0.39 is 25.1 Å². The number of halogens is 3. The van der Waals surface area contributed by atoms with Gasteiger partial charge in [0, 0.05) is 6.54 Å². The van der Waals surface area contributed by atoms with Crippen LogP contribution in [0.15, 0.2) is 0 Å². The third-order valence-corrected chi connectivity index (χ3v) is 1.06. The van der Waals surface area contributed by atoms with Crippen LogP contribution in [0.4, 0.5) is 13.3 Å². The Morgan fingerprint density at radius 1 is 1.40 bits per heavy atom. The van der Waals surface area contributed by atoms with Crippen molar-refractivity contribution in [2.24, 2.45) is 11.5 Å². The van der Waals surface area contributed by atoms with Gasteiger partial charge in [0.2, 0.25) is 0 Å². The summed E-state index contributed by atoms with van der Waals surface area (Å²) in [7, 11) is 0. The van der Waals surface area contributed by atoms with E-state index >= 15 is 0 Å². The average molecular weight is 158 g/mol. The summed E-state index contributed by atoms with van der Waals surface area (Å²) in [6.07, 6.45) is -1.93. The zero-order chi connectivity index (χ0) is 8.20. The molecule has 0 aliphatic rings. The van der Waals surface area contributed by atoms with Gasteiger partial charge in [0.25, 0.3) is 5.92 Å². The molecule has 0 bridgehead atoms. The predicted octanol–water partition coefficient (Wildman–Crippen LogP) is -0.191. The molecule has 0 saturated carbocycles. The highest BCUT2D eigenvalue weighted by Crippen LogP contribution is 2.18. The topological polar surface area (TPSA) is 61.3 Å². The van der Waals surface area contributed by atoms with E-state index in [0.717, 1.165) is 0 Å². The lowest BCUT2D eigenvalue weighted by atomic mass is 10.2. The highest BCUT2D eigenvalue weighted by Gasteiger charge is 2.39. The lowest BCUT2D eigenvalue weighted by Gasteiger charge is -2.19. The first-order valence-electron chi connectivity index (χ1n) is 2.63. The van der Waals surface area contributed by atoms with Crippen LogP contribution in [0.5, 0.6) is 0 Å². The second-order valence-electron chi connectivity index (χ2n) is 1.78. The van der Waals surface area contributed by atoms with Crippen molar-refractivity contribution in [3.63, 3.8) is 0 Å². The molecule has 1 unspecified atom stereocenters. The minimum atomic E-state index is -3.39. The van der Waals surface area contributed by atoms with Gasteiger partial charge >= 0.3 is 0 Å². The summed E-state index contributed by atoms with van der Waals surface area (Å²) in [5.41, 5.74) is 9.35. The molecule has 0 radical (unpaired) electrons. The minimum absolute atomic E-state index is 0.597. The van der Waals surface area contributed by atoms with Crippen LogP contribution in [0.2, 0.25) is 0 Å². The Balaban J connectivity index is 3.97. The number of hydrogen-bond donors (Lipinski definition) is 2. The summed E-state index contributed by atoms with van der Waals surface area (Å²) in [5.74, 6) is -3.39. The van der Waals surface area contributed by atoms with Crippen molar-refractivity contribution in [2.45, 2.75) is 12.0 Å². The van der Waals surface area contributed by atoms with Crippen LogP contribution in [-0.4, -0.2) is 25.1 Å². The molecular weight excluding hydrogens is 149 g/mol. The Bertz CT molecular complexity index is 96.5. The molecule has 4 N–H and O–H groups in total. The zero-order valence-electron chi connectivity index (χ0n) is 5.19. The Morgan fingerprint density at radius 3 is 2.00 bits per heavy atom. The number of alkyl halides is 2. The van der Waals surface area contributed by atoms with Crippen molar-refractivity contribution >= 4 is 0 Å².